The molecule has 1 saturated carbocycles. The molecule has 3 rings (SSSR count). The monoisotopic (exact) mass is 337 g/mol. The minimum Gasteiger partial charge on any atom is -0.329 e. The number of hydrogen-bond acceptors (Lipinski definition) is 3. The number of nitrogens with two attached hydrogens (primary N) is 1. The lowest BCUT2D eigenvalue weighted by molar-refractivity contribution is 0.0275. The van der Waals surface area contributed by atoms with E-state index in [1.54, 1.807) is 0 Å². The summed E-state index contributed by atoms with van der Waals surface area (Å²) >= 11 is 3.53. The van der Waals surface area contributed by atoms with Crippen molar-refractivity contribution in [2.24, 2.45) is 11.7 Å². The van der Waals surface area contributed by atoms with Crippen LogP contribution in [0.3, 0.4) is 0 Å². The SMILES string of the molecule is NCC(c1cncc(Br)c1)N1CCCC2CCCCC21. The number of halogens is 1. The number of aromatic nitrogens is 1. The number of rotatable bonds is 3. The van der Waals surface area contributed by atoms with Crippen molar-refractivity contribution in [3.05, 3.63) is 28.5 Å². The third-order valence-electron chi connectivity index (χ3n) is 5.02. The predicted octanol–water partition coefficient (Wildman–Crippen LogP) is 3.50. The fourth-order valence-electron chi connectivity index (χ4n) is 4.12. The van der Waals surface area contributed by atoms with Crippen LogP contribution in [0.4, 0.5) is 0 Å². The fraction of sp³-hybridized carbons (Fsp3) is 0.688. The molecule has 3 nitrogen and oxygen atoms in total. The van der Waals surface area contributed by atoms with E-state index in [4.69, 9.17) is 5.73 Å². The molecule has 2 fully saturated rings. The highest BCUT2D eigenvalue weighted by Gasteiger charge is 2.36. The van der Waals surface area contributed by atoms with Gasteiger partial charge in [-0.1, -0.05) is 12.8 Å². The van der Waals surface area contributed by atoms with E-state index in [0.717, 1.165) is 16.4 Å². The molecule has 20 heavy (non-hydrogen) atoms. The summed E-state index contributed by atoms with van der Waals surface area (Å²) < 4.78 is 1.05. The van der Waals surface area contributed by atoms with Gasteiger partial charge in [0.05, 0.1) is 0 Å². The van der Waals surface area contributed by atoms with Crippen molar-refractivity contribution < 1.29 is 0 Å². The summed E-state index contributed by atoms with van der Waals surface area (Å²) in [5, 5.41) is 0. The molecular formula is C16H24BrN3. The molecule has 0 spiro atoms. The van der Waals surface area contributed by atoms with Crippen LogP contribution in [0.15, 0.2) is 22.9 Å². The van der Waals surface area contributed by atoms with E-state index < -0.39 is 0 Å². The second-order valence-electron chi connectivity index (χ2n) is 6.18. The summed E-state index contributed by atoms with van der Waals surface area (Å²) in [6.07, 6.45) is 12.1. The maximum absolute atomic E-state index is 6.12. The lowest BCUT2D eigenvalue weighted by Crippen LogP contribution is -2.50. The van der Waals surface area contributed by atoms with Crippen molar-refractivity contribution in [3.8, 4) is 0 Å². The standard InChI is InChI=1S/C16H24BrN3/c17-14-8-13(10-19-11-14)16(9-18)20-7-3-5-12-4-1-2-6-15(12)20/h8,10-12,15-16H,1-7,9,18H2. The van der Waals surface area contributed by atoms with Crippen LogP contribution < -0.4 is 5.73 Å². The van der Waals surface area contributed by atoms with Crippen LogP contribution in [-0.4, -0.2) is 29.0 Å². The van der Waals surface area contributed by atoms with Gasteiger partial charge in [0.15, 0.2) is 0 Å². The molecule has 1 aliphatic carbocycles. The maximum atomic E-state index is 6.12. The van der Waals surface area contributed by atoms with E-state index in [0.29, 0.717) is 12.6 Å². The van der Waals surface area contributed by atoms with Gasteiger partial charge in [-0.15, -0.1) is 0 Å². The minimum absolute atomic E-state index is 0.325. The Hall–Kier alpha value is -0.450. The first-order valence-corrected chi connectivity index (χ1v) is 8.65. The Labute approximate surface area is 130 Å². The second-order valence-corrected chi connectivity index (χ2v) is 7.10. The molecule has 1 aromatic heterocycles. The molecule has 1 saturated heterocycles. The molecule has 2 aliphatic rings. The topological polar surface area (TPSA) is 42.1 Å². The summed E-state index contributed by atoms with van der Waals surface area (Å²) in [5.74, 6) is 0.895. The van der Waals surface area contributed by atoms with Gasteiger partial charge in [-0.05, 0) is 65.7 Å². The van der Waals surface area contributed by atoms with Crippen molar-refractivity contribution >= 4 is 15.9 Å². The first-order valence-electron chi connectivity index (χ1n) is 7.86. The molecule has 2 N–H and O–H groups in total. The van der Waals surface area contributed by atoms with Crippen molar-refractivity contribution in [2.45, 2.75) is 50.6 Å². The molecule has 0 aromatic carbocycles. The van der Waals surface area contributed by atoms with Crippen LogP contribution in [0.2, 0.25) is 0 Å². The highest BCUT2D eigenvalue weighted by Crippen LogP contribution is 2.39. The van der Waals surface area contributed by atoms with Gasteiger partial charge in [-0.2, -0.15) is 0 Å². The van der Waals surface area contributed by atoms with Crippen LogP contribution in [-0.2, 0) is 0 Å². The van der Waals surface area contributed by atoms with Crippen LogP contribution in [0, 0.1) is 5.92 Å². The van der Waals surface area contributed by atoms with Gasteiger partial charge in [0, 0.05) is 35.5 Å². The molecule has 4 heteroatoms. The zero-order valence-corrected chi connectivity index (χ0v) is 13.6. The summed E-state index contributed by atoms with van der Waals surface area (Å²) in [4.78, 5) is 7.00. The minimum atomic E-state index is 0.325. The second kappa shape index (κ2) is 6.54. The van der Waals surface area contributed by atoms with Crippen molar-refractivity contribution in [1.82, 2.24) is 9.88 Å². The maximum Gasteiger partial charge on any atom is 0.0489 e. The molecule has 0 amide bonds. The van der Waals surface area contributed by atoms with Crippen LogP contribution >= 0.6 is 15.9 Å². The third kappa shape index (κ3) is 2.92. The average molecular weight is 338 g/mol. The normalized spacial score (nSPS) is 28.9. The van der Waals surface area contributed by atoms with Gasteiger partial charge in [0.1, 0.15) is 0 Å². The number of pyridine rings is 1. The van der Waals surface area contributed by atoms with E-state index in [1.165, 1.54) is 50.6 Å². The summed E-state index contributed by atoms with van der Waals surface area (Å²) in [6, 6.07) is 3.24. The van der Waals surface area contributed by atoms with E-state index >= 15 is 0 Å². The van der Waals surface area contributed by atoms with Crippen molar-refractivity contribution in [3.63, 3.8) is 0 Å². The summed E-state index contributed by atoms with van der Waals surface area (Å²) in [6.45, 7) is 1.87. The number of fused-ring (bicyclic) bond motifs is 1. The van der Waals surface area contributed by atoms with Gasteiger partial charge in [-0.3, -0.25) is 9.88 Å². The number of likely N-dealkylation sites (tertiary alicyclic amines) is 1. The molecule has 1 aromatic rings. The van der Waals surface area contributed by atoms with E-state index in [-0.39, 0.29) is 0 Å². The highest BCUT2D eigenvalue weighted by atomic mass is 79.9. The zero-order chi connectivity index (χ0) is 13.9. The van der Waals surface area contributed by atoms with Crippen LogP contribution in [0.25, 0.3) is 0 Å². The fourth-order valence-corrected chi connectivity index (χ4v) is 4.51. The Morgan fingerprint density at radius 3 is 2.85 bits per heavy atom. The predicted molar refractivity (Wildman–Crippen MR) is 85.4 cm³/mol. The quantitative estimate of drug-likeness (QED) is 0.917. The summed E-state index contributed by atoms with van der Waals surface area (Å²) in [7, 11) is 0. The Kier molecular flexibility index (Phi) is 4.74. The van der Waals surface area contributed by atoms with Crippen molar-refractivity contribution in [1.29, 1.82) is 0 Å². The van der Waals surface area contributed by atoms with Gasteiger partial charge in [0.25, 0.3) is 0 Å². The van der Waals surface area contributed by atoms with Crippen LogP contribution in [0.1, 0.15) is 50.1 Å². The smallest absolute Gasteiger partial charge is 0.0489 e. The lowest BCUT2D eigenvalue weighted by Gasteiger charge is -2.47. The van der Waals surface area contributed by atoms with Crippen LogP contribution in [0.5, 0.6) is 0 Å². The van der Waals surface area contributed by atoms with Gasteiger partial charge < -0.3 is 5.73 Å². The largest absolute Gasteiger partial charge is 0.329 e. The molecule has 110 valence electrons. The average Bonchev–Trinajstić information content (AvgIpc) is 2.48. The first kappa shape index (κ1) is 14.5. The number of piperidine rings is 1. The highest BCUT2D eigenvalue weighted by molar-refractivity contribution is 9.10. The molecule has 0 bridgehead atoms. The third-order valence-corrected chi connectivity index (χ3v) is 5.45. The number of nitrogens with zero attached hydrogens (tertiary/aromatic N) is 2. The molecule has 3 unspecified atom stereocenters. The Bertz CT molecular complexity index is 449. The van der Waals surface area contributed by atoms with Gasteiger partial charge in [-0.25, -0.2) is 0 Å². The Morgan fingerprint density at radius 2 is 2.05 bits per heavy atom. The van der Waals surface area contributed by atoms with E-state index in [1.807, 2.05) is 12.4 Å². The van der Waals surface area contributed by atoms with Crippen molar-refractivity contribution in [2.75, 3.05) is 13.1 Å². The molecule has 2 heterocycles. The molecular weight excluding hydrogens is 314 g/mol. The van der Waals surface area contributed by atoms with E-state index in [9.17, 15) is 0 Å². The molecule has 3 atom stereocenters. The Morgan fingerprint density at radius 1 is 1.25 bits per heavy atom. The number of hydrogen-bond donors (Lipinski definition) is 1. The zero-order valence-electron chi connectivity index (χ0n) is 12.0. The van der Waals surface area contributed by atoms with Gasteiger partial charge in [0.2, 0.25) is 0 Å². The lowest BCUT2D eigenvalue weighted by atomic mass is 9.77. The molecule has 1 aliphatic heterocycles. The van der Waals surface area contributed by atoms with E-state index in [2.05, 4.69) is 31.9 Å². The molecule has 0 radical (unpaired) electrons. The Balaban J connectivity index is 1.84. The summed E-state index contributed by atoms with van der Waals surface area (Å²) in [5.41, 5.74) is 7.38. The van der Waals surface area contributed by atoms with Gasteiger partial charge >= 0.3 is 0 Å². The first-order chi connectivity index (χ1) is 9.79.